The minimum absolute atomic E-state index is 0.0422. The number of ketones is 1. The third kappa shape index (κ3) is 1.49. The van der Waals surface area contributed by atoms with Gasteiger partial charge in [0.25, 0.3) is 0 Å². The van der Waals surface area contributed by atoms with Crippen LogP contribution in [-0.2, 0) is 4.79 Å². The van der Waals surface area contributed by atoms with E-state index in [9.17, 15) is 9.90 Å². The Morgan fingerprint density at radius 1 is 1.22 bits per heavy atom. The van der Waals surface area contributed by atoms with E-state index in [0.29, 0.717) is 46.7 Å². The number of carbonyl (C=O) groups excluding carboxylic acids is 1. The molecule has 2 heteroatoms. The van der Waals surface area contributed by atoms with Crippen molar-refractivity contribution in [1.29, 1.82) is 0 Å². The molecule has 5 aliphatic carbocycles. The molecule has 0 aromatic rings. The quantitative estimate of drug-likeness (QED) is 0.737. The van der Waals surface area contributed by atoms with Crippen LogP contribution in [0.3, 0.4) is 0 Å². The molecule has 23 heavy (non-hydrogen) atoms. The highest BCUT2D eigenvalue weighted by atomic mass is 16.3. The van der Waals surface area contributed by atoms with E-state index in [-0.39, 0.29) is 5.92 Å². The Bertz CT molecular complexity index is 642. The van der Waals surface area contributed by atoms with Crippen molar-refractivity contribution in [3.63, 3.8) is 0 Å². The van der Waals surface area contributed by atoms with E-state index < -0.39 is 5.60 Å². The van der Waals surface area contributed by atoms with Crippen molar-refractivity contribution in [2.45, 2.75) is 59.5 Å². The van der Waals surface area contributed by atoms with E-state index in [4.69, 9.17) is 0 Å². The average molecular weight is 314 g/mol. The SMILES string of the molecule is CC1=CC2C(CC(C)(O)C3CC34C2C(C)CC2C4C2(C)C)C1=O. The molecule has 4 fully saturated rings. The van der Waals surface area contributed by atoms with Crippen molar-refractivity contribution >= 4 is 5.78 Å². The zero-order valence-electron chi connectivity index (χ0n) is 15.1. The van der Waals surface area contributed by atoms with Crippen LogP contribution in [0.1, 0.15) is 53.9 Å². The Morgan fingerprint density at radius 2 is 1.91 bits per heavy atom. The molecular formula is C21H30O2. The average Bonchev–Trinajstić information content (AvgIpc) is 3.26. The molecule has 0 heterocycles. The maximum atomic E-state index is 12.7. The largest absolute Gasteiger partial charge is 0.390 e. The molecule has 5 rings (SSSR count). The number of fused-ring (bicyclic) bond motifs is 3. The monoisotopic (exact) mass is 314 g/mol. The molecule has 9 atom stereocenters. The fraction of sp³-hybridized carbons (Fsp3) is 0.857. The Balaban J connectivity index is 1.66. The van der Waals surface area contributed by atoms with Crippen molar-refractivity contribution in [3.05, 3.63) is 11.6 Å². The predicted octanol–water partition coefficient (Wildman–Crippen LogP) is 3.84. The maximum absolute atomic E-state index is 12.7. The van der Waals surface area contributed by atoms with Crippen LogP contribution in [0.4, 0.5) is 0 Å². The number of hydrogen-bond acceptors (Lipinski definition) is 2. The van der Waals surface area contributed by atoms with Crippen LogP contribution in [0.2, 0.25) is 0 Å². The minimum Gasteiger partial charge on any atom is -0.390 e. The second-order valence-corrected chi connectivity index (χ2v) is 10.5. The zero-order chi connectivity index (χ0) is 16.5. The van der Waals surface area contributed by atoms with Crippen LogP contribution < -0.4 is 0 Å². The summed E-state index contributed by atoms with van der Waals surface area (Å²) in [5, 5.41) is 11.3. The maximum Gasteiger partial charge on any atom is 0.162 e. The number of aliphatic hydroxyl groups is 1. The van der Waals surface area contributed by atoms with Crippen LogP contribution in [0.25, 0.3) is 0 Å². The van der Waals surface area contributed by atoms with Crippen molar-refractivity contribution in [2.24, 2.45) is 52.3 Å². The van der Waals surface area contributed by atoms with Gasteiger partial charge in [0.05, 0.1) is 5.60 Å². The second kappa shape index (κ2) is 3.79. The van der Waals surface area contributed by atoms with Gasteiger partial charge in [0, 0.05) is 5.92 Å². The summed E-state index contributed by atoms with van der Waals surface area (Å²) < 4.78 is 0. The minimum atomic E-state index is -0.661. The van der Waals surface area contributed by atoms with Gasteiger partial charge < -0.3 is 5.11 Å². The van der Waals surface area contributed by atoms with Crippen LogP contribution in [0, 0.1) is 52.3 Å². The Morgan fingerprint density at radius 3 is 2.61 bits per heavy atom. The molecule has 0 aromatic carbocycles. The van der Waals surface area contributed by atoms with Crippen LogP contribution in [0.5, 0.6) is 0 Å². The number of rotatable bonds is 0. The first-order chi connectivity index (χ1) is 10.6. The Hall–Kier alpha value is -0.630. The highest BCUT2D eigenvalue weighted by Gasteiger charge is 2.82. The van der Waals surface area contributed by atoms with Crippen molar-refractivity contribution in [3.8, 4) is 0 Å². The van der Waals surface area contributed by atoms with E-state index in [0.717, 1.165) is 17.4 Å². The molecule has 0 aliphatic heterocycles. The zero-order valence-corrected chi connectivity index (χ0v) is 15.1. The Kier molecular flexibility index (Phi) is 2.42. The Labute approximate surface area is 139 Å². The molecule has 0 amide bonds. The van der Waals surface area contributed by atoms with Gasteiger partial charge in [-0.15, -0.1) is 0 Å². The van der Waals surface area contributed by atoms with Gasteiger partial charge in [-0.1, -0.05) is 26.8 Å². The van der Waals surface area contributed by atoms with Gasteiger partial charge in [-0.05, 0) is 85.0 Å². The normalized spacial score (nSPS) is 61.6. The van der Waals surface area contributed by atoms with Crippen LogP contribution >= 0.6 is 0 Å². The van der Waals surface area contributed by atoms with Gasteiger partial charge in [-0.3, -0.25) is 4.79 Å². The lowest BCUT2D eigenvalue weighted by atomic mass is 9.62. The standard InChI is InChI=1S/C21H30O2/c1-10-7-14-18(19(14,3)4)21-9-15(21)20(5,23)8-13-12(16(10)21)6-11(2)17(13)22/h6,10,12-16,18,23H,7-9H2,1-5H3. The van der Waals surface area contributed by atoms with E-state index in [1.165, 1.54) is 12.8 Å². The van der Waals surface area contributed by atoms with E-state index in [1.54, 1.807) is 0 Å². The molecule has 1 N–H and O–H groups in total. The lowest BCUT2D eigenvalue weighted by molar-refractivity contribution is -0.122. The van der Waals surface area contributed by atoms with Gasteiger partial charge in [-0.2, -0.15) is 0 Å². The number of carbonyl (C=O) groups is 1. The lowest BCUT2D eigenvalue weighted by Crippen LogP contribution is -2.38. The molecule has 9 unspecified atom stereocenters. The second-order valence-electron chi connectivity index (χ2n) is 10.5. The van der Waals surface area contributed by atoms with E-state index in [2.05, 4.69) is 26.8 Å². The van der Waals surface area contributed by atoms with E-state index in [1.807, 2.05) is 13.8 Å². The van der Waals surface area contributed by atoms with Gasteiger partial charge >= 0.3 is 0 Å². The van der Waals surface area contributed by atoms with Gasteiger partial charge in [0.2, 0.25) is 0 Å². The molecule has 4 saturated carbocycles. The molecule has 5 aliphatic rings. The first-order valence-corrected chi connectivity index (χ1v) is 9.57. The summed E-state index contributed by atoms with van der Waals surface area (Å²) in [4.78, 5) is 12.7. The molecule has 0 aromatic heterocycles. The summed E-state index contributed by atoms with van der Waals surface area (Å²) in [6.45, 7) is 11.3. The number of hydrogen-bond donors (Lipinski definition) is 1. The topological polar surface area (TPSA) is 37.3 Å². The molecule has 1 spiro atoms. The predicted molar refractivity (Wildman–Crippen MR) is 89.6 cm³/mol. The highest BCUT2D eigenvalue weighted by molar-refractivity contribution is 5.99. The first kappa shape index (κ1) is 14.7. The van der Waals surface area contributed by atoms with Crippen molar-refractivity contribution < 1.29 is 9.90 Å². The summed E-state index contributed by atoms with van der Waals surface area (Å²) in [6, 6.07) is 0. The first-order valence-electron chi connectivity index (χ1n) is 9.57. The lowest BCUT2D eigenvalue weighted by Gasteiger charge is -2.41. The van der Waals surface area contributed by atoms with E-state index >= 15 is 0 Å². The highest BCUT2D eigenvalue weighted by Crippen LogP contribution is 2.86. The van der Waals surface area contributed by atoms with Crippen molar-refractivity contribution in [2.75, 3.05) is 0 Å². The van der Waals surface area contributed by atoms with Crippen molar-refractivity contribution in [1.82, 2.24) is 0 Å². The van der Waals surface area contributed by atoms with Crippen LogP contribution in [-0.4, -0.2) is 16.5 Å². The van der Waals surface area contributed by atoms with Gasteiger partial charge in [-0.25, -0.2) is 0 Å². The third-order valence-electron chi connectivity index (χ3n) is 8.97. The third-order valence-corrected chi connectivity index (χ3v) is 8.97. The molecule has 0 bridgehead atoms. The summed E-state index contributed by atoms with van der Waals surface area (Å²) in [6.07, 6.45) is 5.49. The number of Topliss-reactive ketones (excluding diaryl/α,β-unsaturated/α-hetero) is 1. The fourth-order valence-corrected chi connectivity index (χ4v) is 8.20. The molecular weight excluding hydrogens is 284 g/mol. The smallest absolute Gasteiger partial charge is 0.162 e. The summed E-state index contributed by atoms with van der Waals surface area (Å²) in [7, 11) is 0. The number of allylic oxidation sites excluding steroid dienone is 2. The molecule has 0 saturated heterocycles. The molecule has 2 nitrogen and oxygen atoms in total. The summed E-state index contributed by atoms with van der Waals surface area (Å²) in [5.74, 6) is 4.06. The molecule has 0 radical (unpaired) electrons. The van der Waals surface area contributed by atoms with Crippen LogP contribution in [0.15, 0.2) is 11.6 Å². The summed E-state index contributed by atoms with van der Waals surface area (Å²) in [5.41, 5.74) is 1.05. The summed E-state index contributed by atoms with van der Waals surface area (Å²) >= 11 is 0. The van der Waals surface area contributed by atoms with Gasteiger partial charge in [0.15, 0.2) is 5.78 Å². The molecule has 126 valence electrons. The fourth-order valence-electron chi connectivity index (χ4n) is 8.20. The van der Waals surface area contributed by atoms with Gasteiger partial charge in [0.1, 0.15) is 0 Å².